The van der Waals surface area contributed by atoms with Gasteiger partial charge in [-0.2, -0.15) is 13.2 Å². The first-order valence-corrected chi connectivity index (χ1v) is 6.99. The van der Waals surface area contributed by atoms with Gasteiger partial charge in [-0.3, -0.25) is 0 Å². The number of amides is 1. The van der Waals surface area contributed by atoms with Crippen LogP contribution in [0, 0.1) is 0 Å². The second-order valence-corrected chi connectivity index (χ2v) is 4.77. The van der Waals surface area contributed by atoms with Crippen LogP contribution in [-0.4, -0.2) is 18.8 Å². The van der Waals surface area contributed by atoms with Crippen molar-refractivity contribution in [2.24, 2.45) is 0 Å². The van der Waals surface area contributed by atoms with Gasteiger partial charge in [-0.25, -0.2) is 4.79 Å². The van der Waals surface area contributed by atoms with E-state index in [0.717, 1.165) is 5.56 Å². The van der Waals surface area contributed by atoms with E-state index in [1.54, 1.807) is 0 Å². The molecule has 3 nitrogen and oxygen atoms in total. The molecule has 0 fully saturated rings. The lowest BCUT2D eigenvalue weighted by molar-refractivity contribution is -0.135. The van der Waals surface area contributed by atoms with Crippen molar-refractivity contribution in [2.45, 2.75) is 44.9 Å². The number of unbranched alkanes of at least 4 members (excludes halogenated alkanes) is 3. The molecule has 0 heterocycles. The Hall–Kier alpha value is -1.72. The van der Waals surface area contributed by atoms with E-state index in [2.05, 4.69) is 5.32 Å². The zero-order valence-corrected chi connectivity index (χ0v) is 11.8. The van der Waals surface area contributed by atoms with Gasteiger partial charge in [0, 0.05) is 13.0 Å². The number of benzene rings is 1. The van der Waals surface area contributed by atoms with Crippen molar-refractivity contribution < 1.29 is 22.7 Å². The van der Waals surface area contributed by atoms with E-state index in [1.165, 1.54) is 0 Å². The molecule has 0 atom stereocenters. The van der Waals surface area contributed by atoms with Crippen LogP contribution >= 0.6 is 0 Å². The molecule has 1 N–H and O–H groups in total. The van der Waals surface area contributed by atoms with Crippen molar-refractivity contribution in [3.8, 4) is 0 Å². The second kappa shape index (κ2) is 9.26. The van der Waals surface area contributed by atoms with E-state index in [4.69, 9.17) is 4.74 Å². The summed E-state index contributed by atoms with van der Waals surface area (Å²) in [5.41, 5.74) is 0.903. The Bertz CT molecular complexity index is 407. The van der Waals surface area contributed by atoms with Crippen molar-refractivity contribution in [1.82, 2.24) is 5.32 Å². The fraction of sp³-hybridized carbons (Fsp3) is 0.533. The number of nitrogens with one attached hydrogen (secondary N) is 1. The van der Waals surface area contributed by atoms with Gasteiger partial charge in [0.25, 0.3) is 0 Å². The Balaban J connectivity index is 1.96. The predicted octanol–water partition coefficient (Wildman–Crippen LogP) is 4.43. The Kier molecular flexibility index (Phi) is 7.64. The molecule has 0 radical (unpaired) electrons. The van der Waals surface area contributed by atoms with E-state index in [1.807, 2.05) is 30.3 Å². The van der Waals surface area contributed by atoms with E-state index in [0.29, 0.717) is 25.8 Å². The zero-order chi connectivity index (χ0) is 15.6. The number of halogens is 3. The molecule has 0 saturated heterocycles. The molecule has 1 aromatic carbocycles. The summed E-state index contributed by atoms with van der Waals surface area (Å²) in [4.78, 5) is 11.4. The maximum Gasteiger partial charge on any atom is 0.407 e. The zero-order valence-electron chi connectivity index (χ0n) is 11.8. The summed E-state index contributed by atoms with van der Waals surface area (Å²) >= 11 is 0. The van der Waals surface area contributed by atoms with Crippen molar-refractivity contribution in [3.63, 3.8) is 0 Å². The Labute approximate surface area is 122 Å². The molecule has 6 heteroatoms. The van der Waals surface area contributed by atoms with E-state index in [-0.39, 0.29) is 13.0 Å². The molecular formula is C15H20F3NO2. The molecule has 0 spiro atoms. The quantitative estimate of drug-likeness (QED) is 0.722. The molecule has 1 rings (SSSR count). The maximum absolute atomic E-state index is 11.9. The molecule has 0 aromatic heterocycles. The van der Waals surface area contributed by atoms with Crippen molar-refractivity contribution in [3.05, 3.63) is 35.9 Å². The Morgan fingerprint density at radius 2 is 1.71 bits per heavy atom. The van der Waals surface area contributed by atoms with Gasteiger partial charge in [0.15, 0.2) is 0 Å². The summed E-state index contributed by atoms with van der Waals surface area (Å²) in [6.45, 7) is 0.623. The molecule has 1 aromatic rings. The van der Waals surface area contributed by atoms with Crippen LogP contribution in [0.2, 0.25) is 0 Å². The third-order valence-electron chi connectivity index (χ3n) is 2.87. The molecule has 1 amide bonds. The van der Waals surface area contributed by atoms with Gasteiger partial charge >= 0.3 is 12.3 Å². The third-order valence-corrected chi connectivity index (χ3v) is 2.87. The Morgan fingerprint density at radius 1 is 1.05 bits per heavy atom. The topological polar surface area (TPSA) is 38.3 Å². The van der Waals surface area contributed by atoms with Gasteiger partial charge in [0.05, 0.1) is 0 Å². The smallest absolute Gasteiger partial charge is 0.407 e. The number of ether oxygens (including phenoxy) is 1. The number of hydrogen-bond acceptors (Lipinski definition) is 2. The number of carbonyl (C=O) groups is 1. The van der Waals surface area contributed by atoms with E-state index >= 15 is 0 Å². The average molecular weight is 303 g/mol. The van der Waals surface area contributed by atoms with Crippen molar-refractivity contribution >= 4 is 6.09 Å². The molecule has 0 unspecified atom stereocenters. The first-order valence-electron chi connectivity index (χ1n) is 6.99. The number of carbonyl (C=O) groups excluding carboxylic acids is 1. The highest BCUT2D eigenvalue weighted by Gasteiger charge is 2.25. The summed E-state index contributed by atoms with van der Waals surface area (Å²) in [6, 6.07) is 9.30. The van der Waals surface area contributed by atoms with Crippen LogP contribution in [0.4, 0.5) is 18.0 Å². The fourth-order valence-electron chi connectivity index (χ4n) is 1.77. The monoisotopic (exact) mass is 303 g/mol. The van der Waals surface area contributed by atoms with Crippen LogP contribution in [0.3, 0.4) is 0 Å². The highest BCUT2D eigenvalue weighted by atomic mass is 19.4. The van der Waals surface area contributed by atoms with Gasteiger partial charge in [0.2, 0.25) is 0 Å². The van der Waals surface area contributed by atoms with Gasteiger partial charge in [-0.1, -0.05) is 43.2 Å². The Morgan fingerprint density at radius 3 is 2.38 bits per heavy atom. The first-order chi connectivity index (χ1) is 9.97. The number of rotatable bonds is 8. The van der Waals surface area contributed by atoms with Gasteiger partial charge in [0.1, 0.15) is 6.61 Å². The first kappa shape index (κ1) is 17.3. The van der Waals surface area contributed by atoms with Crippen LogP contribution in [-0.2, 0) is 11.3 Å². The highest BCUT2D eigenvalue weighted by Crippen LogP contribution is 2.22. The van der Waals surface area contributed by atoms with E-state index in [9.17, 15) is 18.0 Å². The lowest BCUT2D eigenvalue weighted by Crippen LogP contribution is -2.25. The molecule has 118 valence electrons. The second-order valence-electron chi connectivity index (χ2n) is 4.77. The largest absolute Gasteiger partial charge is 0.445 e. The predicted molar refractivity (Wildman–Crippen MR) is 73.8 cm³/mol. The molecule has 0 aliphatic heterocycles. The molecular weight excluding hydrogens is 283 g/mol. The number of hydrogen-bond donors (Lipinski definition) is 1. The fourth-order valence-corrected chi connectivity index (χ4v) is 1.77. The van der Waals surface area contributed by atoms with Crippen LogP contribution in [0.5, 0.6) is 0 Å². The van der Waals surface area contributed by atoms with Gasteiger partial charge < -0.3 is 10.1 Å². The lowest BCUT2D eigenvalue weighted by atomic mass is 10.1. The summed E-state index contributed by atoms with van der Waals surface area (Å²) in [5.74, 6) is 0. The highest BCUT2D eigenvalue weighted by molar-refractivity contribution is 5.67. The molecule has 0 aliphatic rings. The SMILES string of the molecule is O=C(NCCCCCCC(F)(F)F)OCc1ccccc1. The van der Waals surface area contributed by atoms with Crippen LogP contribution in [0.15, 0.2) is 30.3 Å². The summed E-state index contributed by atoms with van der Waals surface area (Å²) in [7, 11) is 0. The molecule has 0 bridgehead atoms. The minimum absolute atomic E-state index is 0.141. The summed E-state index contributed by atoms with van der Waals surface area (Å²) in [6.07, 6.45) is -3.34. The normalized spacial score (nSPS) is 11.2. The minimum Gasteiger partial charge on any atom is -0.445 e. The summed E-state index contributed by atoms with van der Waals surface area (Å²) < 4.78 is 40.7. The molecule has 21 heavy (non-hydrogen) atoms. The van der Waals surface area contributed by atoms with Gasteiger partial charge in [-0.05, 0) is 18.4 Å². The van der Waals surface area contributed by atoms with Crippen LogP contribution in [0.1, 0.15) is 37.7 Å². The van der Waals surface area contributed by atoms with Crippen molar-refractivity contribution in [2.75, 3.05) is 6.54 Å². The molecule has 0 saturated carbocycles. The average Bonchev–Trinajstić information content (AvgIpc) is 2.44. The standard InChI is InChI=1S/C15H20F3NO2/c16-15(17,18)10-6-1-2-7-11-19-14(20)21-12-13-8-4-3-5-9-13/h3-5,8-9H,1-2,6-7,10-12H2,(H,19,20). The number of alkyl halides is 3. The van der Waals surface area contributed by atoms with Crippen LogP contribution < -0.4 is 5.32 Å². The summed E-state index contributed by atoms with van der Waals surface area (Å²) in [5, 5.41) is 2.58. The third kappa shape index (κ3) is 9.76. The van der Waals surface area contributed by atoms with Crippen LogP contribution in [0.25, 0.3) is 0 Å². The maximum atomic E-state index is 11.9. The lowest BCUT2D eigenvalue weighted by Gasteiger charge is -2.07. The van der Waals surface area contributed by atoms with E-state index < -0.39 is 18.7 Å². The van der Waals surface area contributed by atoms with Crippen molar-refractivity contribution in [1.29, 1.82) is 0 Å². The number of alkyl carbamates (subject to hydrolysis) is 1. The molecule has 0 aliphatic carbocycles. The minimum atomic E-state index is -4.07. The van der Waals surface area contributed by atoms with Gasteiger partial charge in [-0.15, -0.1) is 0 Å².